The molecule has 0 spiro atoms. The van der Waals surface area contributed by atoms with E-state index in [1.807, 2.05) is 13.0 Å². The summed E-state index contributed by atoms with van der Waals surface area (Å²) in [5.74, 6) is -0.343. The lowest BCUT2D eigenvalue weighted by Gasteiger charge is -2.38. The Labute approximate surface area is 151 Å². The number of carbonyl (C=O) groups excluding carboxylic acids is 2. The van der Waals surface area contributed by atoms with Gasteiger partial charge in [0.15, 0.2) is 0 Å². The van der Waals surface area contributed by atoms with Crippen LogP contribution in [0.2, 0.25) is 0 Å². The number of ether oxygens (including phenoxy) is 1. The largest absolute Gasteiger partial charge is 0.373 e. The highest BCUT2D eigenvalue weighted by Crippen LogP contribution is 2.48. The highest BCUT2D eigenvalue weighted by molar-refractivity contribution is 6.02. The zero-order valence-electron chi connectivity index (χ0n) is 14.6. The minimum Gasteiger partial charge on any atom is -0.373 e. The summed E-state index contributed by atoms with van der Waals surface area (Å²) in [6, 6.07) is 5.25. The number of benzene rings is 1. The van der Waals surface area contributed by atoms with Crippen LogP contribution in [0, 0.1) is 23.1 Å². The molecular weight excluding hydrogens is 337 g/mol. The average molecular weight is 357 g/mol. The average Bonchev–Trinajstić information content (AvgIpc) is 3.33. The number of imide groups is 1. The molecule has 2 aliphatic heterocycles. The van der Waals surface area contributed by atoms with Crippen molar-refractivity contribution in [1.82, 2.24) is 9.80 Å². The Kier molecular flexibility index (Phi) is 3.96. The molecular formula is C19H20FN3O3. The van der Waals surface area contributed by atoms with Crippen molar-refractivity contribution in [3.8, 4) is 6.07 Å². The van der Waals surface area contributed by atoms with Crippen molar-refractivity contribution >= 4 is 11.9 Å². The van der Waals surface area contributed by atoms with Gasteiger partial charge in [0, 0.05) is 5.56 Å². The van der Waals surface area contributed by atoms with Gasteiger partial charge < -0.3 is 9.64 Å². The minimum absolute atomic E-state index is 0.0185. The molecule has 3 atom stereocenters. The van der Waals surface area contributed by atoms with Crippen LogP contribution in [0.1, 0.15) is 37.3 Å². The second-order valence-corrected chi connectivity index (χ2v) is 7.47. The van der Waals surface area contributed by atoms with E-state index < -0.39 is 11.8 Å². The number of nitriles is 1. The van der Waals surface area contributed by atoms with E-state index in [0.29, 0.717) is 11.5 Å². The lowest BCUT2D eigenvalue weighted by atomic mass is 9.92. The van der Waals surface area contributed by atoms with E-state index in [-0.39, 0.29) is 36.2 Å². The Bertz CT molecular complexity index is 811. The van der Waals surface area contributed by atoms with Crippen molar-refractivity contribution < 1.29 is 18.7 Å². The molecule has 3 amide bonds. The number of hydrogen-bond acceptors (Lipinski definition) is 4. The molecule has 0 N–H and O–H groups in total. The molecule has 26 heavy (non-hydrogen) atoms. The fraction of sp³-hybridized carbons (Fsp3) is 0.526. The lowest BCUT2D eigenvalue weighted by Crippen LogP contribution is -2.51. The first-order chi connectivity index (χ1) is 12.4. The van der Waals surface area contributed by atoms with E-state index in [1.165, 1.54) is 18.2 Å². The maximum Gasteiger partial charge on any atom is 0.327 e. The molecule has 1 aliphatic carbocycles. The van der Waals surface area contributed by atoms with E-state index in [1.54, 1.807) is 4.90 Å². The van der Waals surface area contributed by atoms with Gasteiger partial charge in [0.05, 0.1) is 36.4 Å². The summed E-state index contributed by atoms with van der Waals surface area (Å²) in [7, 11) is 0. The molecule has 2 bridgehead atoms. The van der Waals surface area contributed by atoms with E-state index in [0.717, 1.165) is 30.8 Å². The monoisotopic (exact) mass is 357 g/mol. The molecule has 3 aliphatic rings. The lowest BCUT2D eigenvalue weighted by molar-refractivity contribution is -0.126. The van der Waals surface area contributed by atoms with Gasteiger partial charge in [-0.3, -0.25) is 9.69 Å². The summed E-state index contributed by atoms with van der Waals surface area (Å²) in [4.78, 5) is 27.9. The molecule has 3 fully saturated rings. The first-order valence-electron chi connectivity index (χ1n) is 8.87. The zero-order chi connectivity index (χ0) is 18.5. The Hall–Kier alpha value is -2.46. The van der Waals surface area contributed by atoms with E-state index in [2.05, 4.69) is 0 Å². The number of rotatable bonds is 4. The van der Waals surface area contributed by atoms with Crippen molar-refractivity contribution in [1.29, 1.82) is 5.26 Å². The van der Waals surface area contributed by atoms with Crippen molar-refractivity contribution in [2.24, 2.45) is 5.92 Å². The van der Waals surface area contributed by atoms with Crippen molar-refractivity contribution in [2.45, 2.75) is 44.4 Å². The first kappa shape index (κ1) is 17.0. The second kappa shape index (κ2) is 6.06. The summed E-state index contributed by atoms with van der Waals surface area (Å²) in [6.45, 7) is 2.46. The van der Waals surface area contributed by atoms with Gasteiger partial charge in [0.2, 0.25) is 0 Å². The van der Waals surface area contributed by atoms with Gasteiger partial charge in [-0.25, -0.2) is 9.18 Å². The Morgan fingerprint density at radius 1 is 1.46 bits per heavy atom. The quantitative estimate of drug-likeness (QED) is 0.776. The Balaban J connectivity index is 1.54. The molecule has 1 aromatic rings. The summed E-state index contributed by atoms with van der Waals surface area (Å²) in [5, 5.41) is 8.97. The van der Waals surface area contributed by atoms with E-state index >= 15 is 0 Å². The van der Waals surface area contributed by atoms with Gasteiger partial charge in [-0.15, -0.1) is 0 Å². The fourth-order valence-corrected chi connectivity index (χ4v) is 4.44. The predicted molar refractivity (Wildman–Crippen MR) is 89.3 cm³/mol. The molecule has 2 saturated heterocycles. The summed E-state index contributed by atoms with van der Waals surface area (Å²) in [6.07, 6.45) is 2.91. The third-order valence-corrected chi connectivity index (χ3v) is 6.03. The number of amides is 3. The number of carbonyl (C=O) groups is 2. The van der Waals surface area contributed by atoms with Gasteiger partial charge in [-0.05, 0) is 50.3 Å². The Morgan fingerprint density at radius 3 is 2.88 bits per heavy atom. The number of halogens is 1. The molecule has 1 aromatic carbocycles. The van der Waals surface area contributed by atoms with Crippen LogP contribution < -0.4 is 0 Å². The van der Waals surface area contributed by atoms with Crippen LogP contribution in [0.4, 0.5) is 9.18 Å². The van der Waals surface area contributed by atoms with Gasteiger partial charge in [-0.1, -0.05) is 0 Å². The molecule has 7 heteroatoms. The third kappa shape index (κ3) is 2.56. The number of fused-ring (bicyclic) bond motifs is 2. The van der Waals surface area contributed by atoms with Crippen molar-refractivity contribution in [3.05, 3.63) is 35.1 Å². The summed E-state index contributed by atoms with van der Waals surface area (Å²) < 4.78 is 20.0. The van der Waals surface area contributed by atoms with Crippen LogP contribution >= 0.6 is 0 Å². The molecule has 6 nitrogen and oxygen atoms in total. The summed E-state index contributed by atoms with van der Waals surface area (Å²) >= 11 is 0. The van der Waals surface area contributed by atoms with Gasteiger partial charge in [0.25, 0.3) is 5.91 Å². The molecule has 3 unspecified atom stereocenters. The topological polar surface area (TPSA) is 73.6 Å². The molecule has 4 rings (SSSR count). The van der Waals surface area contributed by atoms with Crippen LogP contribution in [-0.4, -0.2) is 46.5 Å². The van der Waals surface area contributed by atoms with Crippen LogP contribution in [0.25, 0.3) is 0 Å². The van der Waals surface area contributed by atoms with E-state index in [4.69, 9.17) is 10.00 Å². The minimum atomic E-state index is -0.535. The Morgan fingerprint density at radius 2 is 2.27 bits per heavy atom. The number of urea groups is 1. The maximum atomic E-state index is 14.0. The van der Waals surface area contributed by atoms with Gasteiger partial charge in [-0.2, -0.15) is 5.26 Å². The van der Waals surface area contributed by atoms with Crippen molar-refractivity contribution in [3.63, 3.8) is 0 Å². The zero-order valence-corrected chi connectivity index (χ0v) is 14.6. The third-order valence-electron chi connectivity index (χ3n) is 6.03. The van der Waals surface area contributed by atoms with Crippen LogP contribution in [0.15, 0.2) is 18.2 Å². The van der Waals surface area contributed by atoms with Crippen LogP contribution in [0.3, 0.4) is 0 Å². The SMILES string of the molecule is CC(N1CC(=O)N(Cc2cc(C#N)ccc2F)C1=O)C12CCC(CO1)C2. The standard InChI is InChI=1S/C19H20FN3O3/c1-12(19-5-4-14(7-19)11-26-19)22-10-17(24)23(18(22)25)9-15-6-13(8-21)2-3-16(15)20/h2-3,6,12,14H,4-5,7,9-11H2,1H3. The van der Waals surface area contributed by atoms with E-state index in [9.17, 15) is 14.0 Å². The molecule has 1 saturated carbocycles. The molecule has 0 aromatic heterocycles. The molecule has 2 heterocycles. The van der Waals surface area contributed by atoms with Gasteiger partial charge in [0.1, 0.15) is 12.4 Å². The summed E-state index contributed by atoms with van der Waals surface area (Å²) in [5.41, 5.74) is 0.0974. The number of nitrogens with zero attached hydrogens (tertiary/aromatic N) is 3. The van der Waals surface area contributed by atoms with Crippen LogP contribution in [-0.2, 0) is 16.1 Å². The normalized spacial score (nSPS) is 28.7. The van der Waals surface area contributed by atoms with Crippen molar-refractivity contribution in [2.75, 3.05) is 13.2 Å². The maximum absolute atomic E-state index is 14.0. The predicted octanol–water partition coefficient (Wildman–Crippen LogP) is 2.42. The highest BCUT2D eigenvalue weighted by atomic mass is 19.1. The van der Waals surface area contributed by atoms with Gasteiger partial charge >= 0.3 is 6.03 Å². The highest BCUT2D eigenvalue weighted by Gasteiger charge is 2.54. The first-order valence-corrected chi connectivity index (χ1v) is 8.87. The molecule has 136 valence electrons. The number of hydrogen-bond donors (Lipinski definition) is 0. The molecule has 0 radical (unpaired) electrons. The second-order valence-electron chi connectivity index (χ2n) is 7.47. The smallest absolute Gasteiger partial charge is 0.327 e. The van der Waals surface area contributed by atoms with Crippen LogP contribution in [0.5, 0.6) is 0 Å². The fourth-order valence-electron chi connectivity index (χ4n) is 4.44.